The van der Waals surface area contributed by atoms with E-state index in [9.17, 15) is 22.4 Å². The van der Waals surface area contributed by atoms with E-state index < -0.39 is 33.9 Å². The van der Waals surface area contributed by atoms with Crippen molar-refractivity contribution in [3.05, 3.63) is 23.8 Å². The second kappa shape index (κ2) is 6.15. The van der Waals surface area contributed by atoms with Gasteiger partial charge < -0.3 is 14.7 Å². The number of likely N-dealkylation sites (tertiary alicyclic amines) is 1. The molecule has 1 aromatic rings. The molecular formula is C14H16FNO6S. The molecule has 1 fully saturated rings. The molecule has 0 aliphatic carbocycles. The standard InChI is InChI=1S/C14H16FNO6S/c1-22-12-4-3-9(23(2,20)21)6-10(12)13(17)16-7-8(15)5-11(16)14(18)19/h3-4,6,8,11H,5,7H2,1-2H3,(H,18,19)/t8-,11?/m0/s1. The summed E-state index contributed by atoms with van der Waals surface area (Å²) < 4.78 is 41.8. The topological polar surface area (TPSA) is 101 Å². The molecule has 1 N–H and O–H groups in total. The molecule has 1 amide bonds. The number of hydrogen-bond donors (Lipinski definition) is 1. The molecular weight excluding hydrogens is 329 g/mol. The van der Waals surface area contributed by atoms with Gasteiger partial charge in [-0.25, -0.2) is 17.6 Å². The lowest BCUT2D eigenvalue weighted by Crippen LogP contribution is -2.40. The zero-order chi connectivity index (χ0) is 17.4. The fraction of sp³-hybridized carbons (Fsp3) is 0.429. The van der Waals surface area contributed by atoms with Gasteiger partial charge in [-0.1, -0.05) is 0 Å². The first-order valence-corrected chi connectivity index (χ1v) is 8.60. The van der Waals surface area contributed by atoms with Gasteiger partial charge in [-0.05, 0) is 18.2 Å². The maximum atomic E-state index is 13.5. The first-order valence-electron chi connectivity index (χ1n) is 6.71. The van der Waals surface area contributed by atoms with E-state index in [0.717, 1.165) is 17.2 Å². The van der Waals surface area contributed by atoms with E-state index in [1.54, 1.807) is 0 Å². The van der Waals surface area contributed by atoms with Crippen LogP contribution in [0.1, 0.15) is 16.8 Å². The first kappa shape index (κ1) is 17.2. The molecule has 0 aromatic heterocycles. The Labute approximate surface area is 132 Å². The van der Waals surface area contributed by atoms with Crippen molar-refractivity contribution >= 4 is 21.7 Å². The van der Waals surface area contributed by atoms with Crippen LogP contribution in [0.25, 0.3) is 0 Å². The molecule has 0 bridgehead atoms. The van der Waals surface area contributed by atoms with Gasteiger partial charge >= 0.3 is 5.97 Å². The van der Waals surface area contributed by atoms with Gasteiger partial charge in [0.2, 0.25) is 0 Å². The Kier molecular flexibility index (Phi) is 4.60. The van der Waals surface area contributed by atoms with Crippen molar-refractivity contribution in [2.24, 2.45) is 0 Å². The van der Waals surface area contributed by atoms with Crippen molar-refractivity contribution in [2.75, 3.05) is 19.9 Å². The highest BCUT2D eigenvalue weighted by Crippen LogP contribution is 2.28. The summed E-state index contributed by atoms with van der Waals surface area (Å²) in [5, 5.41) is 9.12. The SMILES string of the molecule is COc1ccc(S(C)(=O)=O)cc1C(=O)N1C[C@@H](F)CC1C(=O)O. The molecule has 2 atom stereocenters. The lowest BCUT2D eigenvalue weighted by molar-refractivity contribution is -0.141. The smallest absolute Gasteiger partial charge is 0.326 e. The zero-order valence-electron chi connectivity index (χ0n) is 12.5. The minimum atomic E-state index is -3.56. The van der Waals surface area contributed by atoms with Gasteiger partial charge in [0.05, 0.1) is 24.1 Å². The number of halogens is 1. The molecule has 1 heterocycles. The van der Waals surface area contributed by atoms with E-state index in [0.29, 0.717) is 0 Å². The molecule has 2 rings (SSSR count). The number of carbonyl (C=O) groups is 2. The summed E-state index contributed by atoms with van der Waals surface area (Å²) in [7, 11) is -2.27. The van der Waals surface area contributed by atoms with Crippen LogP contribution < -0.4 is 4.74 Å². The van der Waals surface area contributed by atoms with Crippen molar-refractivity contribution in [3.63, 3.8) is 0 Å². The minimum Gasteiger partial charge on any atom is -0.496 e. The van der Waals surface area contributed by atoms with Crippen LogP contribution >= 0.6 is 0 Å². The summed E-state index contributed by atoms with van der Waals surface area (Å²) in [4.78, 5) is 24.6. The van der Waals surface area contributed by atoms with E-state index >= 15 is 0 Å². The number of carboxylic acids is 1. The third kappa shape index (κ3) is 3.44. The number of ether oxygens (including phenoxy) is 1. The fourth-order valence-electron chi connectivity index (χ4n) is 2.48. The zero-order valence-corrected chi connectivity index (χ0v) is 13.3. The molecule has 126 valence electrons. The van der Waals surface area contributed by atoms with Gasteiger partial charge in [-0.15, -0.1) is 0 Å². The highest BCUT2D eigenvalue weighted by molar-refractivity contribution is 7.90. The summed E-state index contributed by atoms with van der Waals surface area (Å²) >= 11 is 0. The third-order valence-corrected chi connectivity index (χ3v) is 4.74. The summed E-state index contributed by atoms with van der Waals surface area (Å²) in [6.07, 6.45) is -0.754. The van der Waals surface area contributed by atoms with Crippen molar-refractivity contribution in [1.82, 2.24) is 4.90 Å². The van der Waals surface area contributed by atoms with Gasteiger partial charge in [0, 0.05) is 12.7 Å². The van der Waals surface area contributed by atoms with E-state index in [1.807, 2.05) is 0 Å². The van der Waals surface area contributed by atoms with E-state index in [-0.39, 0.29) is 29.2 Å². The van der Waals surface area contributed by atoms with Crippen LogP contribution in [0.5, 0.6) is 5.75 Å². The van der Waals surface area contributed by atoms with E-state index in [1.165, 1.54) is 19.2 Å². The van der Waals surface area contributed by atoms with Crippen molar-refractivity contribution in [1.29, 1.82) is 0 Å². The Balaban J connectivity index is 2.47. The predicted molar refractivity (Wildman–Crippen MR) is 78.1 cm³/mol. The van der Waals surface area contributed by atoms with Gasteiger partial charge in [0.15, 0.2) is 9.84 Å². The van der Waals surface area contributed by atoms with Crippen LogP contribution in [0.15, 0.2) is 23.1 Å². The number of carboxylic acid groups (broad SMARTS) is 1. The second-order valence-corrected chi connectivity index (χ2v) is 7.29. The number of alkyl halides is 1. The van der Waals surface area contributed by atoms with Gasteiger partial charge in [-0.2, -0.15) is 0 Å². The molecule has 1 aliphatic heterocycles. The summed E-state index contributed by atoms with van der Waals surface area (Å²) in [5.41, 5.74) is -0.115. The normalized spacial score (nSPS) is 21.3. The number of rotatable bonds is 4. The Morgan fingerprint density at radius 1 is 1.39 bits per heavy atom. The summed E-state index contributed by atoms with van der Waals surface area (Å²) in [6, 6.07) is 2.41. The predicted octanol–water partition coefficient (Wildman–Crippen LogP) is 0.736. The average molecular weight is 345 g/mol. The highest BCUT2D eigenvalue weighted by atomic mass is 32.2. The van der Waals surface area contributed by atoms with Crippen LogP contribution in [0.4, 0.5) is 4.39 Å². The lowest BCUT2D eigenvalue weighted by Gasteiger charge is -2.22. The van der Waals surface area contributed by atoms with E-state index in [4.69, 9.17) is 9.84 Å². The van der Waals surface area contributed by atoms with Crippen LogP contribution in [0, 0.1) is 0 Å². The van der Waals surface area contributed by atoms with Crippen LogP contribution in [0.2, 0.25) is 0 Å². The van der Waals surface area contributed by atoms with E-state index in [2.05, 4.69) is 0 Å². The molecule has 0 spiro atoms. The van der Waals surface area contributed by atoms with Gasteiger partial charge in [-0.3, -0.25) is 4.79 Å². The number of hydrogen-bond acceptors (Lipinski definition) is 5. The molecule has 0 saturated carbocycles. The summed E-state index contributed by atoms with van der Waals surface area (Å²) in [6.45, 7) is -0.359. The Morgan fingerprint density at radius 2 is 2.04 bits per heavy atom. The second-order valence-electron chi connectivity index (χ2n) is 5.28. The fourth-order valence-corrected chi connectivity index (χ4v) is 3.13. The van der Waals surface area contributed by atoms with Crippen molar-refractivity contribution in [3.8, 4) is 5.75 Å². The Bertz CT molecular complexity index is 748. The Morgan fingerprint density at radius 3 is 2.57 bits per heavy atom. The maximum absolute atomic E-state index is 13.5. The molecule has 0 radical (unpaired) electrons. The van der Waals surface area contributed by atoms with Crippen LogP contribution in [0.3, 0.4) is 0 Å². The largest absolute Gasteiger partial charge is 0.496 e. The Hall–Kier alpha value is -2.16. The number of aliphatic carboxylic acids is 1. The number of amides is 1. The highest BCUT2D eigenvalue weighted by Gasteiger charge is 2.41. The number of nitrogens with zero attached hydrogens (tertiary/aromatic N) is 1. The molecule has 9 heteroatoms. The maximum Gasteiger partial charge on any atom is 0.326 e. The number of carbonyl (C=O) groups excluding carboxylic acids is 1. The summed E-state index contributed by atoms with van der Waals surface area (Å²) in [5.74, 6) is -1.99. The lowest BCUT2D eigenvalue weighted by atomic mass is 10.1. The monoisotopic (exact) mass is 345 g/mol. The van der Waals surface area contributed by atoms with Crippen molar-refractivity contribution in [2.45, 2.75) is 23.5 Å². The number of methoxy groups -OCH3 is 1. The van der Waals surface area contributed by atoms with Gasteiger partial charge in [0.1, 0.15) is 18.0 Å². The number of sulfone groups is 1. The molecule has 1 saturated heterocycles. The molecule has 1 aliphatic rings. The van der Waals surface area contributed by atoms with Crippen LogP contribution in [-0.2, 0) is 14.6 Å². The quantitative estimate of drug-likeness (QED) is 0.864. The molecule has 1 aromatic carbocycles. The minimum absolute atomic E-state index is 0.0915. The molecule has 1 unspecified atom stereocenters. The average Bonchev–Trinajstić information content (AvgIpc) is 2.87. The number of benzene rings is 1. The molecule has 23 heavy (non-hydrogen) atoms. The third-order valence-electron chi connectivity index (χ3n) is 3.63. The van der Waals surface area contributed by atoms with Crippen LogP contribution in [-0.4, -0.2) is 62.4 Å². The van der Waals surface area contributed by atoms with Crippen molar-refractivity contribution < 1.29 is 32.2 Å². The first-order chi connectivity index (χ1) is 10.6. The van der Waals surface area contributed by atoms with Gasteiger partial charge in [0.25, 0.3) is 5.91 Å². The molecule has 7 nitrogen and oxygen atoms in total.